The SMILES string of the molecule is O=C(O)c1cc(Cl)cn1-c1c(Cl)ccc2nsnc12. The summed E-state index contributed by atoms with van der Waals surface area (Å²) in [5.74, 6) is -1.09. The van der Waals surface area contributed by atoms with Crippen LogP contribution >= 0.6 is 34.9 Å². The highest BCUT2D eigenvalue weighted by atomic mass is 35.5. The predicted octanol–water partition coefficient (Wildman–Crippen LogP) is 3.49. The van der Waals surface area contributed by atoms with Gasteiger partial charge in [-0.05, 0) is 18.2 Å². The molecule has 5 nitrogen and oxygen atoms in total. The minimum atomic E-state index is -1.09. The quantitative estimate of drug-likeness (QED) is 0.786. The molecule has 0 aliphatic carbocycles. The summed E-state index contributed by atoms with van der Waals surface area (Å²) in [6, 6.07) is 4.75. The van der Waals surface area contributed by atoms with Crippen LogP contribution in [0.1, 0.15) is 10.5 Å². The Morgan fingerprint density at radius 3 is 2.84 bits per heavy atom. The summed E-state index contributed by atoms with van der Waals surface area (Å²) in [7, 11) is 0. The minimum Gasteiger partial charge on any atom is -0.477 e. The normalized spacial score (nSPS) is 11.1. The number of rotatable bonds is 2. The van der Waals surface area contributed by atoms with E-state index in [1.54, 1.807) is 12.1 Å². The lowest BCUT2D eigenvalue weighted by atomic mass is 10.2. The van der Waals surface area contributed by atoms with Crippen molar-refractivity contribution >= 4 is 51.9 Å². The molecule has 0 spiro atoms. The zero-order valence-electron chi connectivity index (χ0n) is 9.17. The van der Waals surface area contributed by atoms with Gasteiger partial charge in [-0.3, -0.25) is 0 Å². The molecule has 0 fully saturated rings. The topological polar surface area (TPSA) is 68.0 Å². The highest BCUT2D eigenvalue weighted by molar-refractivity contribution is 7.00. The van der Waals surface area contributed by atoms with E-state index in [4.69, 9.17) is 23.2 Å². The van der Waals surface area contributed by atoms with Gasteiger partial charge in [0.2, 0.25) is 0 Å². The van der Waals surface area contributed by atoms with E-state index in [9.17, 15) is 9.90 Å². The molecule has 0 aliphatic rings. The molecule has 0 atom stereocenters. The van der Waals surface area contributed by atoms with Crippen molar-refractivity contribution in [1.29, 1.82) is 0 Å². The van der Waals surface area contributed by atoms with E-state index in [1.807, 2.05) is 0 Å². The standard InChI is InChI=1S/C11H5Cl2N3O2S/c12-5-3-8(11(17)18)16(4-5)10-6(13)1-2-7-9(10)15-19-14-7/h1-4H,(H,17,18). The van der Waals surface area contributed by atoms with Crippen LogP contribution in [0.5, 0.6) is 0 Å². The number of benzene rings is 1. The first-order valence-corrected chi connectivity index (χ1v) is 6.59. The second kappa shape index (κ2) is 4.48. The number of carboxylic acid groups (broad SMARTS) is 1. The maximum atomic E-state index is 11.2. The predicted molar refractivity (Wildman–Crippen MR) is 73.7 cm³/mol. The van der Waals surface area contributed by atoms with E-state index in [0.29, 0.717) is 26.8 Å². The second-order valence-corrected chi connectivity index (χ2v) is 5.12. The van der Waals surface area contributed by atoms with Gasteiger partial charge >= 0.3 is 5.97 Å². The van der Waals surface area contributed by atoms with Crippen molar-refractivity contribution in [2.24, 2.45) is 0 Å². The van der Waals surface area contributed by atoms with Crippen molar-refractivity contribution in [3.05, 3.63) is 40.1 Å². The summed E-state index contributed by atoms with van der Waals surface area (Å²) < 4.78 is 9.67. The minimum absolute atomic E-state index is 0.0207. The fraction of sp³-hybridized carbons (Fsp3) is 0. The first-order chi connectivity index (χ1) is 9.08. The average molecular weight is 314 g/mol. The van der Waals surface area contributed by atoms with Gasteiger partial charge in [0.05, 0.1) is 27.5 Å². The van der Waals surface area contributed by atoms with Crippen LogP contribution in [0.2, 0.25) is 10.0 Å². The molecule has 0 unspecified atom stereocenters. The first-order valence-electron chi connectivity index (χ1n) is 5.10. The van der Waals surface area contributed by atoms with Crippen LogP contribution in [0.4, 0.5) is 0 Å². The Balaban J connectivity index is 2.38. The maximum absolute atomic E-state index is 11.2. The highest BCUT2D eigenvalue weighted by Crippen LogP contribution is 2.31. The van der Waals surface area contributed by atoms with Crippen LogP contribution in [-0.4, -0.2) is 24.4 Å². The third-order valence-corrected chi connectivity index (χ3v) is 3.65. The third-order valence-electron chi connectivity index (χ3n) is 2.60. The molecule has 2 heterocycles. The molecule has 0 saturated carbocycles. The molecule has 8 heteroatoms. The molecule has 0 aliphatic heterocycles. The van der Waals surface area contributed by atoms with Crippen LogP contribution in [0.25, 0.3) is 16.7 Å². The zero-order chi connectivity index (χ0) is 13.6. The molecule has 1 N–H and O–H groups in total. The molecular formula is C11H5Cl2N3O2S. The molecule has 3 rings (SSSR count). The fourth-order valence-electron chi connectivity index (χ4n) is 1.82. The summed E-state index contributed by atoms with van der Waals surface area (Å²) in [6.07, 6.45) is 1.49. The van der Waals surface area contributed by atoms with E-state index >= 15 is 0 Å². The van der Waals surface area contributed by atoms with Gasteiger partial charge < -0.3 is 9.67 Å². The highest BCUT2D eigenvalue weighted by Gasteiger charge is 2.18. The lowest BCUT2D eigenvalue weighted by Gasteiger charge is -2.08. The van der Waals surface area contributed by atoms with Crippen molar-refractivity contribution in [2.45, 2.75) is 0 Å². The number of nitrogens with zero attached hydrogens (tertiary/aromatic N) is 3. The van der Waals surface area contributed by atoms with Gasteiger partial charge in [0, 0.05) is 6.20 Å². The van der Waals surface area contributed by atoms with Crippen LogP contribution < -0.4 is 0 Å². The van der Waals surface area contributed by atoms with E-state index in [-0.39, 0.29) is 5.69 Å². The molecule has 2 aromatic heterocycles. The van der Waals surface area contributed by atoms with Crippen molar-refractivity contribution in [1.82, 2.24) is 13.3 Å². The number of fused-ring (bicyclic) bond motifs is 1. The van der Waals surface area contributed by atoms with Crippen molar-refractivity contribution in [2.75, 3.05) is 0 Å². The Morgan fingerprint density at radius 2 is 2.11 bits per heavy atom. The van der Waals surface area contributed by atoms with Crippen LogP contribution in [0.15, 0.2) is 24.4 Å². The zero-order valence-corrected chi connectivity index (χ0v) is 11.5. The van der Waals surface area contributed by atoms with E-state index in [2.05, 4.69) is 8.75 Å². The third kappa shape index (κ3) is 1.98. The maximum Gasteiger partial charge on any atom is 0.352 e. The largest absolute Gasteiger partial charge is 0.477 e. The molecule has 0 bridgehead atoms. The molecule has 0 radical (unpaired) electrons. The van der Waals surface area contributed by atoms with Gasteiger partial charge in [0.15, 0.2) is 0 Å². The molecular weight excluding hydrogens is 309 g/mol. The monoisotopic (exact) mass is 313 g/mol. The summed E-state index contributed by atoms with van der Waals surface area (Å²) in [5.41, 5.74) is 1.70. The fourth-order valence-corrected chi connectivity index (χ4v) is 2.80. The lowest BCUT2D eigenvalue weighted by molar-refractivity contribution is 0.0688. The molecule has 0 amide bonds. The number of carboxylic acids is 1. The van der Waals surface area contributed by atoms with Gasteiger partial charge in [-0.2, -0.15) is 8.75 Å². The van der Waals surface area contributed by atoms with Crippen molar-refractivity contribution in [3.8, 4) is 5.69 Å². The first kappa shape index (κ1) is 12.4. The second-order valence-electron chi connectivity index (χ2n) is 3.75. The summed E-state index contributed by atoms with van der Waals surface area (Å²) in [6.45, 7) is 0. The van der Waals surface area contributed by atoms with Crippen LogP contribution in [0.3, 0.4) is 0 Å². The Kier molecular flexibility index (Phi) is 2.93. The molecule has 3 aromatic rings. The molecule has 96 valence electrons. The average Bonchev–Trinajstić information content (AvgIpc) is 2.95. The Morgan fingerprint density at radius 1 is 1.32 bits per heavy atom. The molecule has 1 aromatic carbocycles. The number of hydrogen-bond donors (Lipinski definition) is 1. The number of aromatic carboxylic acids is 1. The number of halogens is 2. The van der Waals surface area contributed by atoms with E-state index in [0.717, 1.165) is 11.7 Å². The summed E-state index contributed by atoms with van der Waals surface area (Å²) >= 11 is 13.1. The van der Waals surface area contributed by atoms with Crippen LogP contribution in [-0.2, 0) is 0 Å². The summed E-state index contributed by atoms with van der Waals surface area (Å²) in [5, 5.41) is 9.90. The number of hydrogen-bond acceptors (Lipinski definition) is 4. The van der Waals surface area contributed by atoms with Crippen molar-refractivity contribution < 1.29 is 9.90 Å². The van der Waals surface area contributed by atoms with Crippen molar-refractivity contribution in [3.63, 3.8) is 0 Å². The lowest BCUT2D eigenvalue weighted by Crippen LogP contribution is -2.06. The van der Waals surface area contributed by atoms with Gasteiger partial charge in [0.1, 0.15) is 16.7 Å². The van der Waals surface area contributed by atoms with Gasteiger partial charge in [-0.1, -0.05) is 23.2 Å². The van der Waals surface area contributed by atoms with Gasteiger partial charge in [-0.25, -0.2) is 4.79 Å². The Hall–Kier alpha value is -1.63. The summed E-state index contributed by atoms with van der Waals surface area (Å²) in [4.78, 5) is 11.2. The van der Waals surface area contributed by atoms with Gasteiger partial charge in [0.25, 0.3) is 0 Å². The number of aromatic nitrogens is 3. The van der Waals surface area contributed by atoms with E-state index < -0.39 is 5.97 Å². The smallest absolute Gasteiger partial charge is 0.352 e. The molecule has 0 saturated heterocycles. The Labute approximate surface area is 121 Å². The number of carbonyl (C=O) groups is 1. The Bertz CT molecular complexity index is 796. The van der Waals surface area contributed by atoms with E-state index in [1.165, 1.54) is 16.8 Å². The molecule has 19 heavy (non-hydrogen) atoms. The van der Waals surface area contributed by atoms with Gasteiger partial charge in [-0.15, -0.1) is 0 Å². The van der Waals surface area contributed by atoms with Crippen LogP contribution in [0, 0.1) is 0 Å².